The molecule has 92 heavy (non-hydrogen) atoms. The summed E-state index contributed by atoms with van der Waals surface area (Å²) in [6.45, 7) is 9.59. The molecule has 5 atom stereocenters. The summed E-state index contributed by atoms with van der Waals surface area (Å²) < 4.78 is 68.4. The van der Waals surface area contributed by atoms with Crippen LogP contribution in [0.1, 0.15) is 375 Å². The molecule has 0 aliphatic rings. The van der Waals surface area contributed by atoms with Gasteiger partial charge in [0.15, 0.2) is 12.2 Å². The van der Waals surface area contributed by atoms with Crippen molar-refractivity contribution in [2.24, 2.45) is 11.8 Å². The molecule has 0 spiro atoms. The Balaban J connectivity index is 5.25. The number of esters is 4. The predicted octanol–water partition coefficient (Wildman–Crippen LogP) is 21.2. The second kappa shape index (κ2) is 65.0. The van der Waals surface area contributed by atoms with Gasteiger partial charge in [0.25, 0.3) is 0 Å². The summed E-state index contributed by atoms with van der Waals surface area (Å²) in [5, 5.41) is 10.6. The summed E-state index contributed by atoms with van der Waals surface area (Å²) in [6.07, 6.45) is 51.1. The first kappa shape index (κ1) is 90.1. The van der Waals surface area contributed by atoms with Crippen molar-refractivity contribution < 1.29 is 80.2 Å². The Kier molecular flexibility index (Phi) is 63.7. The van der Waals surface area contributed by atoms with Gasteiger partial charge in [0.05, 0.1) is 26.4 Å². The van der Waals surface area contributed by atoms with Crippen molar-refractivity contribution in [3.8, 4) is 0 Å². The number of carbonyl (C=O) groups excluding carboxylic acids is 4. The number of aliphatic hydroxyl groups excluding tert-OH is 1. The number of ether oxygens (including phenoxy) is 4. The van der Waals surface area contributed by atoms with Crippen LogP contribution < -0.4 is 0 Å². The van der Waals surface area contributed by atoms with Crippen molar-refractivity contribution in [2.45, 2.75) is 394 Å². The van der Waals surface area contributed by atoms with Crippen LogP contribution in [0, 0.1) is 11.8 Å². The lowest BCUT2D eigenvalue weighted by atomic mass is 10.0. The van der Waals surface area contributed by atoms with E-state index in [1.54, 1.807) is 0 Å². The van der Waals surface area contributed by atoms with E-state index in [0.29, 0.717) is 25.7 Å². The van der Waals surface area contributed by atoms with Gasteiger partial charge in [-0.15, -0.1) is 0 Å². The van der Waals surface area contributed by atoms with Gasteiger partial charge in [0.1, 0.15) is 19.3 Å². The summed E-state index contributed by atoms with van der Waals surface area (Å²) >= 11 is 0. The van der Waals surface area contributed by atoms with Crippen LogP contribution >= 0.6 is 15.6 Å². The van der Waals surface area contributed by atoms with E-state index in [1.165, 1.54) is 193 Å². The molecule has 0 heterocycles. The molecule has 0 fully saturated rings. The number of hydrogen-bond acceptors (Lipinski definition) is 15. The first-order valence-corrected chi connectivity index (χ1v) is 41.0. The van der Waals surface area contributed by atoms with Gasteiger partial charge in [-0.05, 0) is 37.5 Å². The molecule has 0 amide bonds. The molecule has 0 rings (SSSR count). The third-order valence-electron chi connectivity index (χ3n) is 17.0. The van der Waals surface area contributed by atoms with E-state index in [9.17, 15) is 43.2 Å². The molecule has 19 heteroatoms. The number of carbonyl (C=O) groups is 4. The minimum atomic E-state index is -4.95. The van der Waals surface area contributed by atoms with Crippen molar-refractivity contribution in [3.63, 3.8) is 0 Å². The lowest BCUT2D eigenvalue weighted by Gasteiger charge is -2.21. The third-order valence-corrected chi connectivity index (χ3v) is 18.9. The number of aliphatic hydroxyl groups is 1. The van der Waals surface area contributed by atoms with Crippen LogP contribution in [-0.2, 0) is 65.4 Å². The normalized spacial score (nSPS) is 14.1. The van der Waals surface area contributed by atoms with E-state index < -0.39 is 97.5 Å². The molecule has 0 saturated heterocycles. The SMILES string of the molecule is CCCCCCCCCCCCCC(=O)OC[C@H](COP(=O)(O)OC[C@H](O)COP(=O)(O)OC[C@@H](COC(=O)CCCCCCCCCCCCCC(C)C)OC(=O)CCCCCCCCCCCCCCCC(C)C)OC(=O)CCCCCCCCCCCCC. The standard InChI is InChI=1S/C73H142O17P2/c1-7-9-11-13-15-17-23-31-37-43-49-55-70(75)83-61-68(89-72(77)57-51-45-39-33-24-18-16-14-12-10-8-2)63-87-91(79,80)85-59-67(74)60-86-92(81,82)88-64-69(62-84-71(76)56-50-44-38-32-28-22-26-30-36-42-48-54-66(5)6)90-73(78)58-52-46-40-34-27-21-19-20-25-29-35-41-47-53-65(3)4/h65-69,74H,7-64H2,1-6H3,(H,79,80)(H,81,82)/t67-,68+,69+/m0/s1. The Morgan fingerprint density at radius 1 is 0.293 bits per heavy atom. The van der Waals surface area contributed by atoms with E-state index in [2.05, 4.69) is 41.5 Å². The fourth-order valence-electron chi connectivity index (χ4n) is 11.1. The molecule has 0 aromatic heterocycles. The van der Waals surface area contributed by atoms with E-state index in [0.717, 1.165) is 102 Å². The summed E-state index contributed by atoms with van der Waals surface area (Å²) in [5.74, 6) is -0.560. The van der Waals surface area contributed by atoms with Gasteiger partial charge < -0.3 is 33.8 Å². The molecule has 0 aliphatic heterocycles. The van der Waals surface area contributed by atoms with Crippen LogP contribution in [0.2, 0.25) is 0 Å². The van der Waals surface area contributed by atoms with Crippen LogP contribution in [0.15, 0.2) is 0 Å². The highest BCUT2D eigenvalue weighted by Gasteiger charge is 2.30. The number of phosphoric acid groups is 2. The second-order valence-corrected chi connectivity index (χ2v) is 30.2. The van der Waals surface area contributed by atoms with Gasteiger partial charge in [-0.25, -0.2) is 9.13 Å². The van der Waals surface area contributed by atoms with Crippen molar-refractivity contribution in [2.75, 3.05) is 39.6 Å². The lowest BCUT2D eigenvalue weighted by molar-refractivity contribution is -0.161. The molecule has 0 bridgehead atoms. The summed E-state index contributed by atoms with van der Waals surface area (Å²) in [6, 6.07) is 0. The number of rotatable bonds is 72. The Bertz CT molecular complexity index is 1790. The first-order chi connectivity index (χ1) is 44.4. The fraction of sp³-hybridized carbons (Fsp3) is 0.945. The molecule has 0 saturated carbocycles. The third kappa shape index (κ3) is 66.7. The molecule has 0 aliphatic carbocycles. The van der Waals surface area contributed by atoms with Gasteiger partial charge in [0, 0.05) is 25.7 Å². The van der Waals surface area contributed by atoms with Crippen LogP contribution in [-0.4, -0.2) is 96.7 Å². The zero-order chi connectivity index (χ0) is 67.9. The average molecular weight is 1350 g/mol. The second-order valence-electron chi connectivity index (χ2n) is 27.3. The van der Waals surface area contributed by atoms with E-state index in [1.807, 2.05) is 0 Å². The molecule has 546 valence electrons. The van der Waals surface area contributed by atoms with Crippen LogP contribution in [0.5, 0.6) is 0 Å². The first-order valence-electron chi connectivity index (χ1n) is 38.0. The monoisotopic (exact) mass is 1350 g/mol. The highest BCUT2D eigenvalue weighted by molar-refractivity contribution is 7.47. The van der Waals surface area contributed by atoms with Gasteiger partial charge in [0.2, 0.25) is 0 Å². The van der Waals surface area contributed by atoms with E-state index in [4.69, 9.17) is 37.0 Å². The summed E-state index contributed by atoms with van der Waals surface area (Å²) in [5.41, 5.74) is 0. The van der Waals surface area contributed by atoms with Gasteiger partial charge in [-0.2, -0.15) is 0 Å². The van der Waals surface area contributed by atoms with Gasteiger partial charge in [-0.1, -0.05) is 324 Å². The molecule has 0 aromatic carbocycles. The number of unbranched alkanes of at least 4 members (excludes halogenated alkanes) is 42. The zero-order valence-electron chi connectivity index (χ0n) is 59.9. The minimum Gasteiger partial charge on any atom is -0.462 e. The molecular weight excluding hydrogens is 1210 g/mol. The fourth-order valence-corrected chi connectivity index (χ4v) is 12.7. The van der Waals surface area contributed by atoms with Crippen molar-refractivity contribution in [1.29, 1.82) is 0 Å². The molecule has 2 unspecified atom stereocenters. The molecular formula is C73H142O17P2. The van der Waals surface area contributed by atoms with E-state index in [-0.39, 0.29) is 25.7 Å². The van der Waals surface area contributed by atoms with Crippen molar-refractivity contribution in [1.82, 2.24) is 0 Å². The number of phosphoric ester groups is 2. The lowest BCUT2D eigenvalue weighted by Crippen LogP contribution is -2.30. The highest BCUT2D eigenvalue weighted by atomic mass is 31.2. The Morgan fingerprint density at radius 3 is 0.739 bits per heavy atom. The quantitative estimate of drug-likeness (QED) is 0.0222. The molecule has 0 radical (unpaired) electrons. The minimum absolute atomic E-state index is 0.107. The maximum absolute atomic E-state index is 13.1. The summed E-state index contributed by atoms with van der Waals surface area (Å²) in [4.78, 5) is 72.7. The van der Waals surface area contributed by atoms with E-state index >= 15 is 0 Å². The zero-order valence-corrected chi connectivity index (χ0v) is 61.6. The maximum atomic E-state index is 13.1. The van der Waals surface area contributed by atoms with Crippen molar-refractivity contribution >= 4 is 39.5 Å². The van der Waals surface area contributed by atoms with Gasteiger partial charge in [-0.3, -0.25) is 37.3 Å². The Labute approximate surface area is 562 Å². The summed E-state index contributed by atoms with van der Waals surface area (Å²) in [7, 11) is -9.90. The molecule has 3 N–H and O–H groups in total. The van der Waals surface area contributed by atoms with Crippen LogP contribution in [0.3, 0.4) is 0 Å². The van der Waals surface area contributed by atoms with Crippen molar-refractivity contribution in [3.05, 3.63) is 0 Å². The predicted molar refractivity (Wildman–Crippen MR) is 372 cm³/mol. The molecule has 0 aromatic rings. The number of hydrogen-bond donors (Lipinski definition) is 3. The largest absolute Gasteiger partial charge is 0.472 e. The Morgan fingerprint density at radius 2 is 0.500 bits per heavy atom. The highest BCUT2D eigenvalue weighted by Crippen LogP contribution is 2.45. The maximum Gasteiger partial charge on any atom is 0.472 e. The topological polar surface area (TPSA) is 237 Å². The smallest absolute Gasteiger partial charge is 0.462 e. The van der Waals surface area contributed by atoms with Crippen LogP contribution in [0.25, 0.3) is 0 Å². The van der Waals surface area contributed by atoms with Gasteiger partial charge >= 0.3 is 39.5 Å². The van der Waals surface area contributed by atoms with Crippen LogP contribution in [0.4, 0.5) is 0 Å². The Hall–Kier alpha value is -1.94. The average Bonchev–Trinajstić information content (AvgIpc) is 2.88. The molecule has 17 nitrogen and oxygen atoms in total.